The first-order valence-electron chi connectivity index (χ1n) is 8.11. The second kappa shape index (κ2) is 6.41. The zero-order valence-corrected chi connectivity index (χ0v) is 12.2. The Morgan fingerprint density at radius 3 is 3.05 bits per heavy atom. The molecule has 0 radical (unpaired) electrons. The van der Waals surface area contributed by atoms with Crippen LogP contribution < -0.4 is 11.1 Å². The van der Waals surface area contributed by atoms with Crippen molar-refractivity contribution in [1.29, 1.82) is 0 Å². The van der Waals surface area contributed by atoms with Gasteiger partial charge < -0.3 is 15.8 Å². The average molecular weight is 281 g/mol. The van der Waals surface area contributed by atoms with Crippen molar-refractivity contribution >= 4 is 5.91 Å². The van der Waals surface area contributed by atoms with Gasteiger partial charge in [0.15, 0.2) is 0 Å². The van der Waals surface area contributed by atoms with Gasteiger partial charge >= 0.3 is 0 Å². The number of nitrogens with zero attached hydrogens (tertiary/aromatic N) is 1. The Balaban J connectivity index is 1.41. The van der Waals surface area contributed by atoms with Crippen LogP contribution in [0.4, 0.5) is 0 Å². The second-order valence-electron chi connectivity index (χ2n) is 6.62. The van der Waals surface area contributed by atoms with Gasteiger partial charge in [0, 0.05) is 31.1 Å². The quantitative estimate of drug-likeness (QED) is 0.790. The van der Waals surface area contributed by atoms with Crippen LogP contribution in [0.1, 0.15) is 38.5 Å². The molecule has 20 heavy (non-hydrogen) atoms. The maximum atomic E-state index is 12.2. The van der Waals surface area contributed by atoms with Crippen LogP contribution in [0, 0.1) is 5.92 Å². The first kappa shape index (κ1) is 14.3. The maximum Gasteiger partial charge on any atom is 0.223 e. The molecule has 3 fully saturated rings. The van der Waals surface area contributed by atoms with Gasteiger partial charge in [0.1, 0.15) is 0 Å². The number of rotatable bonds is 3. The Morgan fingerprint density at radius 2 is 2.20 bits per heavy atom. The van der Waals surface area contributed by atoms with Gasteiger partial charge in [-0.15, -0.1) is 0 Å². The molecular weight excluding hydrogens is 254 g/mol. The smallest absolute Gasteiger partial charge is 0.223 e. The molecular formula is C15H27N3O2. The van der Waals surface area contributed by atoms with E-state index in [1.807, 2.05) is 0 Å². The Kier molecular flexibility index (Phi) is 4.58. The average Bonchev–Trinajstić information content (AvgIpc) is 2.92. The molecule has 0 spiro atoms. The predicted octanol–water partition coefficient (Wildman–Crippen LogP) is 0.483. The number of amides is 1. The van der Waals surface area contributed by atoms with Crippen LogP contribution in [0.15, 0.2) is 0 Å². The highest BCUT2D eigenvalue weighted by Crippen LogP contribution is 2.24. The van der Waals surface area contributed by atoms with E-state index in [4.69, 9.17) is 10.5 Å². The summed E-state index contributed by atoms with van der Waals surface area (Å²) >= 11 is 0. The SMILES string of the molecule is NC1CCCC(C(=O)NCC2CN3CCCC3CO2)C1. The zero-order valence-electron chi connectivity index (χ0n) is 12.2. The molecule has 5 heteroatoms. The minimum absolute atomic E-state index is 0.113. The summed E-state index contributed by atoms with van der Waals surface area (Å²) in [7, 11) is 0. The van der Waals surface area contributed by atoms with E-state index in [1.54, 1.807) is 0 Å². The summed E-state index contributed by atoms with van der Waals surface area (Å²) in [6.07, 6.45) is 6.67. The number of carbonyl (C=O) groups is 1. The van der Waals surface area contributed by atoms with Crippen molar-refractivity contribution in [1.82, 2.24) is 10.2 Å². The summed E-state index contributed by atoms with van der Waals surface area (Å²) in [6.45, 7) is 3.63. The first-order chi connectivity index (χ1) is 9.72. The Labute approximate surface area is 121 Å². The maximum absolute atomic E-state index is 12.2. The molecule has 2 saturated heterocycles. The van der Waals surface area contributed by atoms with E-state index in [1.165, 1.54) is 19.4 Å². The number of ether oxygens (including phenoxy) is 1. The molecule has 1 saturated carbocycles. The zero-order chi connectivity index (χ0) is 13.9. The number of carbonyl (C=O) groups excluding carboxylic acids is 1. The highest BCUT2D eigenvalue weighted by Gasteiger charge is 2.32. The summed E-state index contributed by atoms with van der Waals surface area (Å²) in [5, 5.41) is 3.08. The normalized spacial score (nSPS) is 38.5. The molecule has 3 N–H and O–H groups in total. The number of hydrogen-bond acceptors (Lipinski definition) is 4. The third-order valence-electron chi connectivity index (χ3n) is 5.05. The molecule has 3 rings (SSSR count). The molecule has 1 aliphatic carbocycles. The molecule has 0 aromatic rings. The number of nitrogens with one attached hydrogen (secondary N) is 1. The standard InChI is InChI=1S/C15H27N3O2/c16-12-4-1-3-11(7-12)15(19)17-8-14-9-18-6-2-5-13(18)10-20-14/h11-14H,1-10,16H2,(H,17,19). The molecule has 0 aromatic carbocycles. The van der Waals surface area contributed by atoms with Crippen molar-refractivity contribution in [2.24, 2.45) is 11.7 Å². The van der Waals surface area contributed by atoms with Crippen LogP contribution in [0.25, 0.3) is 0 Å². The first-order valence-corrected chi connectivity index (χ1v) is 8.11. The van der Waals surface area contributed by atoms with E-state index in [0.717, 1.165) is 38.8 Å². The van der Waals surface area contributed by atoms with Gasteiger partial charge in [-0.2, -0.15) is 0 Å². The molecule has 2 heterocycles. The van der Waals surface area contributed by atoms with Crippen molar-refractivity contribution in [3.05, 3.63) is 0 Å². The molecule has 114 valence electrons. The van der Waals surface area contributed by atoms with Crippen LogP contribution in [-0.4, -0.2) is 55.2 Å². The molecule has 0 bridgehead atoms. The van der Waals surface area contributed by atoms with Crippen molar-refractivity contribution in [3.8, 4) is 0 Å². The van der Waals surface area contributed by atoms with Gasteiger partial charge in [-0.05, 0) is 38.6 Å². The van der Waals surface area contributed by atoms with Crippen molar-refractivity contribution in [3.63, 3.8) is 0 Å². The third-order valence-corrected chi connectivity index (χ3v) is 5.05. The third kappa shape index (κ3) is 3.32. The van der Waals surface area contributed by atoms with Gasteiger partial charge in [0.25, 0.3) is 0 Å². The summed E-state index contributed by atoms with van der Waals surface area (Å²) in [5.41, 5.74) is 5.95. The molecule has 4 atom stereocenters. The minimum Gasteiger partial charge on any atom is -0.373 e. The van der Waals surface area contributed by atoms with E-state index < -0.39 is 0 Å². The van der Waals surface area contributed by atoms with Gasteiger partial charge in [-0.25, -0.2) is 0 Å². The Morgan fingerprint density at radius 1 is 1.30 bits per heavy atom. The van der Waals surface area contributed by atoms with Crippen LogP contribution >= 0.6 is 0 Å². The lowest BCUT2D eigenvalue weighted by molar-refractivity contribution is -0.127. The molecule has 0 aromatic heterocycles. The molecule has 1 amide bonds. The van der Waals surface area contributed by atoms with Crippen LogP contribution in [0.3, 0.4) is 0 Å². The highest BCUT2D eigenvalue weighted by molar-refractivity contribution is 5.78. The lowest BCUT2D eigenvalue weighted by Crippen LogP contribution is -2.50. The number of fused-ring (bicyclic) bond motifs is 1. The Bertz CT molecular complexity index is 350. The Hall–Kier alpha value is -0.650. The fraction of sp³-hybridized carbons (Fsp3) is 0.933. The molecule has 3 aliphatic rings. The second-order valence-corrected chi connectivity index (χ2v) is 6.62. The fourth-order valence-corrected chi connectivity index (χ4v) is 3.83. The summed E-state index contributed by atoms with van der Waals surface area (Å²) in [6, 6.07) is 0.828. The summed E-state index contributed by atoms with van der Waals surface area (Å²) in [5.74, 6) is 0.286. The van der Waals surface area contributed by atoms with Gasteiger partial charge in [-0.1, -0.05) is 6.42 Å². The predicted molar refractivity (Wildman–Crippen MR) is 77.3 cm³/mol. The molecule has 5 nitrogen and oxygen atoms in total. The topological polar surface area (TPSA) is 67.6 Å². The van der Waals surface area contributed by atoms with E-state index >= 15 is 0 Å². The summed E-state index contributed by atoms with van der Waals surface area (Å²) < 4.78 is 5.87. The van der Waals surface area contributed by atoms with E-state index in [2.05, 4.69) is 10.2 Å². The van der Waals surface area contributed by atoms with E-state index in [0.29, 0.717) is 12.6 Å². The number of hydrogen-bond donors (Lipinski definition) is 2. The van der Waals surface area contributed by atoms with E-state index in [-0.39, 0.29) is 24.0 Å². The monoisotopic (exact) mass is 281 g/mol. The largest absolute Gasteiger partial charge is 0.373 e. The van der Waals surface area contributed by atoms with Gasteiger partial charge in [0.2, 0.25) is 5.91 Å². The number of nitrogens with two attached hydrogens (primary N) is 1. The molecule has 4 unspecified atom stereocenters. The lowest BCUT2D eigenvalue weighted by Gasteiger charge is -2.35. The number of morpholine rings is 1. The summed E-state index contributed by atoms with van der Waals surface area (Å²) in [4.78, 5) is 14.7. The fourth-order valence-electron chi connectivity index (χ4n) is 3.83. The highest BCUT2D eigenvalue weighted by atomic mass is 16.5. The van der Waals surface area contributed by atoms with Crippen molar-refractivity contribution in [2.45, 2.75) is 56.7 Å². The van der Waals surface area contributed by atoms with Crippen LogP contribution in [0.2, 0.25) is 0 Å². The lowest BCUT2D eigenvalue weighted by atomic mass is 9.85. The van der Waals surface area contributed by atoms with Gasteiger partial charge in [0.05, 0.1) is 12.7 Å². The van der Waals surface area contributed by atoms with Crippen LogP contribution in [0.5, 0.6) is 0 Å². The van der Waals surface area contributed by atoms with E-state index in [9.17, 15) is 4.79 Å². The minimum atomic E-state index is 0.113. The van der Waals surface area contributed by atoms with Crippen LogP contribution in [-0.2, 0) is 9.53 Å². The van der Waals surface area contributed by atoms with Gasteiger partial charge in [-0.3, -0.25) is 9.69 Å². The van der Waals surface area contributed by atoms with Crippen molar-refractivity contribution < 1.29 is 9.53 Å². The van der Waals surface area contributed by atoms with Crippen molar-refractivity contribution in [2.75, 3.05) is 26.2 Å². The molecule has 2 aliphatic heterocycles.